The summed E-state index contributed by atoms with van der Waals surface area (Å²) in [7, 11) is 0. The summed E-state index contributed by atoms with van der Waals surface area (Å²) >= 11 is 1.46. The van der Waals surface area contributed by atoms with Crippen LogP contribution in [-0.4, -0.2) is 27.7 Å². The number of thioether (sulfide) groups is 1. The van der Waals surface area contributed by atoms with Crippen molar-refractivity contribution in [2.24, 2.45) is 5.92 Å². The van der Waals surface area contributed by atoms with Crippen molar-refractivity contribution in [3.8, 4) is 0 Å². The summed E-state index contributed by atoms with van der Waals surface area (Å²) in [6.07, 6.45) is 4.75. The van der Waals surface area contributed by atoms with Crippen molar-refractivity contribution in [2.45, 2.75) is 43.8 Å². The highest BCUT2D eigenvalue weighted by atomic mass is 32.2. The van der Waals surface area contributed by atoms with Crippen molar-refractivity contribution in [1.82, 2.24) is 15.3 Å². The Bertz CT molecular complexity index is 592. The van der Waals surface area contributed by atoms with Crippen molar-refractivity contribution in [3.05, 3.63) is 24.3 Å². The molecule has 3 rings (SSSR count). The first kappa shape index (κ1) is 14.4. The highest BCUT2D eigenvalue weighted by Crippen LogP contribution is 2.24. The van der Waals surface area contributed by atoms with Gasteiger partial charge in [-0.05, 0) is 30.9 Å². The number of nitrogens with one attached hydrogen (secondary N) is 2. The van der Waals surface area contributed by atoms with E-state index in [1.165, 1.54) is 24.6 Å². The first-order valence-electron chi connectivity index (χ1n) is 7.57. The van der Waals surface area contributed by atoms with Crippen molar-refractivity contribution < 1.29 is 4.79 Å². The maximum atomic E-state index is 12.0. The molecule has 4 nitrogen and oxygen atoms in total. The molecule has 2 unspecified atom stereocenters. The van der Waals surface area contributed by atoms with Crippen molar-refractivity contribution in [2.75, 3.05) is 5.75 Å². The van der Waals surface area contributed by atoms with Crippen LogP contribution in [0.2, 0.25) is 0 Å². The second kappa shape index (κ2) is 6.52. The molecule has 0 aliphatic heterocycles. The van der Waals surface area contributed by atoms with Gasteiger partial charge in [0.2, 0.25) is 5.91 Å². The van der Waals surface area contributed by atoms with E-state index in [9.17, 15) is 4.79 Å². The maximum Gasteiger partial charge on any atom is 0.230 e. The molecule has 1 heterocycles. The molecular weight excluding hydrogens is 282 g/mol. The fraction of sp³-hybridized carbons (Fsp3) is 0.500. The highest BCUT2D eigenvalue weighted by molar-refractivity contribution is 7.99. The standard InChI is InChI=1S/C16H21N3OS/c1-11-5-4-6-12(9-11)17-15(20)10-21-16-18-13-7-2-3-8-14(13)19-16/h2-3,7-8,11-12H,4-6,9-10H2,1H3,(H,17,20)(H,18,19). The Labute approximate surface area is 129 Å². The number of nitrogens with zero attached hydrogens (tertiary/aromatic N) is 1. The second-order valence-electron chi connectivity index (χ2n) is 5.88. The molecule has 112 valence electrons. The van der Waals surface area contributed by atoms with Gasteiger partial charge in [-0.2, -0.15) is 0 Å². The van der Waals surface area contributed by atoms with Gasteiger partial charge in [0.05, 0.1) is 16.8 Å². The van der Waals surface area contributed by atoms with Gasteiger partial charge in [-0.3, -0.25) is 4.79 Å². The molecule has 1 aliphatic carbocycles. The lowest BCUT2D eigenvalue weighted by Gasteiger charge is -2.27. The van der Waals surface area contributed by atoms with E-state index in [2.05, 4.69) is 22.2 Å². The second-order valence-corrected chi connectivity index (χ2v) is 6.85. The molecule has 2 atom stereocenters. The van der Waals surface area contributed by atoms with Crippen molar-refractivity contribution in [3.63, 3.8) is 0 Å². The minimum Gasteiger partial charge on any atom is -0.353 e. The van der Waals surface area contributed by atoms with E-state index in [1.54, 1.807) is 0 Å². The van der Waals surface area contributed by atoms with E-state index in [0.717, 1.165) is 34.9 Å². The predicted octanol–water partition coefficient (Wildman–Crippen LogP) is 3.35. The summed E-state index contributed by atoms with van der Waals surface area (Å²) in [5, 5.41) is 3.96. The van der Waals surface area contributed by atoms with E-state index >= 15 is 0 Å². The van der Waals surface area contributed by atoms with Crippen LogP contribution in [0, 0.1) is 5.92 Å². The van der Waals surface area contributed by atoms with Crippen LogP contribution in [-0.2, 0) is 4.79 Å². The molecule has 21 heavy (non-hydrogen) atoms. The smallest absolute Gasteiger partial charge is 0.230 e. The van der Waals surface area contributed by atoms with Crippen LogP contribution in [0.1, 0.15) is 32.6 Å². The van der Waals surface area contributed by atoms with Gasteiger partial charge in [0, 0.05) is 6.04 Å². The lowest BCUT2D eigenvalue weighted by molar-refractivity contribution is -0.119. The Morgan fingerprint density at radius 3 is 3.10 bits per heavy atom. The van der Waals surface area contributed by atoms with Crippen LogP contribution in [0.5, 0.6) is 0 Å². The van der Waals surface area contributed by atoms with Gasteiger partial charge in [0.25, 0.3) is 0 Å². The molecule has 1 aromatic carbocycles. The molecule has 1 aromatic heterocycles. The number of H-pyrrole nitrogens is 1. The maximum absolute atomic E-state index is 12.0. The fourth-order valence-electron chi connectivity index (χ4n) is 2.97. The normalized spacial score (nSPS) is 22.3. The van der Waals surface area contributed by atoms with Gasteiger partial charge in [0.1, 0.15) is 0 Å². The lowest BCUT2D eigenvalue weighted by Crippen LogP contribution is -2.38. The number of rotatable bonds is 4. The van der Waals surface area contributed by atoms with Crippen LogP contribution in [0.4, 0.5) is 0 Å². The Balaban J connectivity index is 1.51. The molecular formula is C16H21N3OS. The Morgan fingerprint density at radius 2 is 2.29 bits per heavy atom. The SMILES string of the molecule is CC1CCCC(NC(=O)CSc2nc3ccccc3[nH]2)C1. The number of aromatic nitrogens is 2. The van der Waals surface area contributed by atoms with Crippen LogP contribution in [0.25, 0.3) is 11.0 Å². The monoisotopic (exact) mass is 303 g/mol. The van der Waals surface area contributed by atoms with Crippen LogP contribution < -0.4 is 5.32 Å². The zero-order chi connectivity index (χ0) is 14.7. The van der Waals surface area contributed by atoms with Crippen LogP contribution in [0.15, 0.2) is 29.4 Å². The van der Waals surface area contributed by atoms with Crippen molar-refractivity contribution in [1.29, 1.82) is 0 Å². The van der Waals surface area contributed by atoms with E-state index in [0.29, 0.717) is 11.8 Å². The van der Waals surface area contributed by atoms with Gasteiger partial charge in [-0.15, -0.1) is 0 Å². The van der Waals surface area contributed by atoms with Gasteiger partial charge < -0.3 is 10.3 Å². The van der Waals surface area contributed by atoms with Crippen LogP contribution in [0.3, 0.4) is 0 Å². The number of hydrogen-bond acceptors (Lipinski definition) is 3. The number of amides is 1. The quantitative estimate of drug-likeness (QED) is 0.852. The third-order valence-electron chi connectivity index (χ3n) is 4.01. The molecule has 5 heteroatoms. The number of para-hydroxylation sites is 2. The van der Waals surface area contributed by atoms with Gasteiger partial charge in [0.15, 0.2) is 5.16 Å². The lowest BCUT2D eigenvalue weighted by atomic mass is 9.87. The van der Waals surface area contributed by atoms with E-state index in [-0.39, 0.29) is 5.91 Å². The summed E-state index contributed by atoms with van der Waals surface area (Å²) < 4.78 is 0. The number of carbonyl (C=O) groups excluding carboxylic acids is 1. The minimum absolute atomic E-state index is 0.111. The largest absolute Gasteiger partial charge is 0.353 e. The van der Waals surface area contributed by atoms with Gasteiger partial charge in [-0.1, -0.05) is 43.7 Å². The van der Waals surface area contributed by atoms with Crippen molar-refractivity contribution >= 4 is 28.7 Å². The number of fused-ring (bicyclic) bond motifs is 1. The predicted molar refractivity (Wildman–Crippen MR) is 86.4 cm³/mol. The molecule has 1 aliphatic rings. The van der Waals surface area contributed by atoms with Gasteiger partial charge in [-0.25, -0.2) is 4.98 Å². The number of benzene rings is 1. The topological polar surface area (TPSA) is 57.8 Å². The summed E-state index contributed by atoms with van der Waals surface area (Å²) in [5.41, 5.74) is 1.96. The highest BCUT2D eigenvalue weighted by Gasteiger charge is 2.20. The average molecular weight is 303 g/mol. The first-order valence-corrected chi connectivity index (χ1v) is 8.56. The molecule has 2 N–H and O–H groups in total. The minimum atomic E-state index is 0.111. The van der Waals surface area contributed by atoms with E-state index < -0.39 is 0 Å². The molecule has 1 fully saturated rings. The summed E-state index contributed by atoms with van der Waals surface area (Å²) in [6.45, 7) is 2.27. The Morgan fingerprint density at radius 1 is 1.43 bits per heavy atom. The molecule has 0 spiro atoms. The molecule has 0 saturated heterocycles. The zero-order valence-electron chi connectivity index (χ0n) is 12.3. The summed E-state index contributed by atoms with van der Waals surface area (Å²) in [4.78, 5) is 19.7. The summed E-state index contributed by atoms with van der Waals surface area (Å²) in [6, 6.07) is 8.27. The van der Waals surface area contributed by atoms with Gasteiger partial charge >= 0.3 is 0 Å². The molecule has 0 radical (unpaired) electrons. The number of imidazole rings is 1. The average Bonchev–Trinajstić information content (AvgIpc) is 2.88. The zero-order valence-corrected chi connectivity index (χ0v) is 13.1. The molecule has 0 bridgehead atoms. The van der Waals surface area contributed by atoms with E-state index in [1.807, 2.05) is 24.3 Å². The number of aromatic amines is 1. The summed E-state index contributed by atoms with van der Waals surface area (Å²) in [5.74, 6) is 1.26. The molecule has 1 saturated carbocycles. The van der Waals surface area contributed by atoms with E-state index in [4.69, 9.17) is 0 Å². The Hall–Kier alpha value is -1.49. The number of carbonyl (C=O) groups is 1. The van der Waals surface area contributed by atoms with Crippen LogP contribution >= 0.6 is 11.8 Å². The first-order chi connectivity index (χ1) is 10.2. The molecule has 2 aromatic rings. The fourth-order valence-corrected chi connectivity index (χ4v) is 3.66. The third kappa shape index (κ3) is 3.79. The third-order valence-corrected chi connectivity index (χ3v) is 4.88. The Kier molecular flexibility index (Phi) is 4.48. The molecule has 1 amide bonds. The number of hydrogen-bond donors (Lipinski definition) is 2.